The van der Waals surface area contributed by atoms with E-state index in [9.17, 15) is 0 Å². The highest BCUT2D eigenvalue weighted by Crippen LogP contribution is 2.21. The highest BCUT2D eigenvalue weighted by molar-refractivity contribution is 4.96. The molecule has 1 fully saturated rings. The first-order valence-electron chi connectivity index (χ1n) is 6.60. The molecule has 2 heteroatoms. The summed E-state index contributed by atoms with van der Waals surface area (Å²) in [5, 5.41) is 3.66. The van der Waals surface area contributed by atoms with Gasteiger partial charge in [-0.15, -0.1) is 0 Å². The van der Waals surface area contributed by atoms with Crippen LogP contribution >= 0.6 is 0 Å². The molecule has 0 saturated carbocycles. The minimum absolute atomic E-state index is 0.255. The second kappa shape index (κ2) is 5.83. The van der Waals surface area contributed by atoms with E-state index < -0.39 is 0 Å². The molecule has 1 rings (SSSR count). The fraction of sp³-hybridized carbons (Fsp3) is 0.857. The number of nitrogens with one attached hydrogen (secondary N) is 1. The maximum atomic E-state index is 3.66. The Bertz CT molecular complexity index is 233. The molecule has 1 saturated heterocycles. The average Bonchev–Trinajstić information content (AvgIpc) is 2.24. The summed E-state index contributed by atoms with van der Waals surface area (Å²) in [6.07, 6.45) is 5.69. The van der Waals surface area contributed by atoms with Crippen LogP contribution in [0.5, 0.6) is 0 Å². The Morgan fingerprint density at radius 1 is 1.50 bits per heavy atom. The van der Waals surface area contributed by atoms with Gasteiger partial charge in [0, 0.05) is 31.2 Å². The molecule has 1 heterocycles. The van der Waals surface area contributed by atoms with Gasteiger partial charge in [0.15, 0.2) is 0 Å². The molecule has 94 valence electrons. The summed E-state index contributed by atoms with van der Waals surface area (Å²) < 4.78 is 0. The van der Waals surface area contributed by atoms with Crippen molar-refractivity contribution in [2.45, 2.75) is 52.6 Å². The van der Waals surface area contributed by atoms with Gasteiger partial charge in [-0.1, -0.05) is 32.4 Å². The second-order valence-corrected chi connectivity index (χ2v) is 5.72. The van der Waals surface area contributed by atoms with Crippen LogP contribution < -0.4 is 5.32 Å². The van der Waals surface area contributed by atoms with Gasteiger partial charge in [0.05, 0.1) is 0 Å². The summed E-state index contributed by atoms with van der Waals surface area (Å²) in [5.74, 6) is 0.772. The lowest BCUT2D eigenvalue weighted by molar-refractivity contribution is 0.0744. The van der Waals surface area contributed by atoms with Crippen molar-refractivity contribution in [1.82, 2.24) is 10.2 Å². The minimum Gasteiger partial charge on any atom is -0.309 e. The average molecular weight is 224 g/mol. The smallest absolute Gasteiger partial charge is 0.0253 e. The van der Waals surface area contributed by atoms with Gasteiger partial charge in [0.2, 0.25) is 0 Å². The van der Waals surface area contributed by atoms with E-state index in [1.54, 1.807) is 0 Å². The summed E-state index contributed by atoms with van der Waals surface area (Å²) >= 11 is 0. The summed E-state index contributed by atoms with van der Waals surface area (Å²) in [6, 6.07) is 0.689. The fourth-order valence-corrected chi connectivity index (χ4v) is 2.46. The molecule has 0 bridgehead atoms. The van der Waals surface area contributed by atoms with Crippen LogP contribution in [0.15, 0.2) is 12.2 Å². The Kier molecular flexibility index (Phi) is 5.00. The first kappa shape index (κ1) is 13.7. The lowest BCUT2D eigenvalue weighted by Crippen LogP contribution is -2.63. The van der Waals surface area contributed by atoms with Gasteiger partial charge in [-0.3, -0.25) is 4.90 Å². The van der Waals surface area contributed by atoms with Crippen LogP contribution in [0.2, 0.25) is 0 Å². The summed E-state index contributed by atoms with van der Waals surface area (Å²) in [5.41, 5.74) is 0.255. The predicted octanol–water partition coefficient (Wildman–Crippen LogP) is 2.66. The normalized spacial score (nSPS) is 28.4. The Hall–Kier alpha value is -0.340. The molecule has 1 aliphatic rings. The fourth-order valence-electron chi connectivity index (χ4n) is 2.46. The van der Waals surface area contributed by atoms with Crippen LogP contribution in [0.25, 0.3) is 0 Å². The van der Waals surface area contributed by atoms with Gasteiger partial charge in [-0.05, 0) is 26.7 Å². The van der Waals surface area contributed by atoms with Crippen molar-refractivity contribution in [3.63, 3.8) is 0 Å². The molecular weight excluding hydrogens is 196 g/mol. The topological polar surface area (TPSA) is 15.3 Å². The summed E-state index contributed by atoms with van der Waals surface area (Å²) in [7, 11) is 0. The molecule has 2 unspecified atom stereocenters. The van der Waals surface area contributed by atoms with E-state index in [1.807, 2.05) is 0 Å². The Labute approximate surface area is 101 Å². The number of hydrogen-bond donors (Lipinski definition) is 1. The van der Waals surface area contributed by atoms with Crippen molar-refractivity contribution in [1.29, 1.82) is 0 Å². The number of piperazine rings is 1. The van der Waals surface area contributed by atoms with Crippen molar-refractivity contribution in [3.8, 4) is 0 Å². The maximum absolute atomic E-state index is 3.66. The van der Waals surface area contributed by atoms with Gasteiger partial charge < -0.3 is 5.32 Å². The zero-order chi connectivity index (χ0) is 12.2. The minimum atomic E-state index is 0.255. The highest BCUT2D eigenvalue weighted by Gasteiger charge is 2.33. The van der Waals surface area contributed by atoms with Crippen molar-refractivity contribution in [3.05, 3.63) is 12.2 Å². The van der Waals surface area contributed by atoms with Crippen LogP contribution in [0.3, 0.4) is 0 Å². The Balaban J connectivity index is 2.67. The lowest BCUT2D eigenvalue weighted by Gasteiger charge is -2.46. The zero-order valence-electron chi connectivity index (χ0n) is 11.6. The molecular formula is C14H28N2. The molecule has 2 atom stereocenters. The zero-order valence-corrected chi connectivity index (χ0v) is 11.6. The molecule has 0 radical (unpaired) electrons. The highest BCUT2D eigenvalue weighted by atomic mass is 15.2. The van der Waals surface area contributed by atoms with Crippen LogP contribution in [-0.4, -0.2) is 36.1 Å². The second-order valence-electron chi connectivity index (χ2n) is 5.72. The molecule has 0 aliphatic carbocycles. The lowest BCUT2D eigenvalue weighted by atomic mass is 9.91. The quantitative estimate of drug-likeness (QED) is 0.739. The van der Waals surface area contributed by atoms with Crippen LogP contribution in [-0.2, 0) is 0 Å². The Morgan fingerprint density at radius 3 is 2.75 bits per heavy atom. The van der Waals surface area contributed by atoms with Gasteiger partial charge in [0.25, 0.3) is 0 Å². The maximum Gasteiger partial charge on any atom is 0.0253 e. The largest absolute Gasteiger partial charge is 0.309 e. The monoisotopic (exact) mass is 224 g/mol. The molecule has 0 spiro atoms. The molecule has 0 amide bonds. The predicted molar refractivity (Wildman–Crippen MR) is 71.7 cm³/mol. The van der Waals surface area contributed by atoms with Crippen LogP contribution in [0, 0.1) is 5.92 Å². The first-order valence-corrected chi connectivity index (χ1v) is 6.60. The van der Waals surface area contributed by atoms with Gasteiger partial charge in [-0.2, -0.15) is 0 Å². The van der Waals surface area contributed by atoms with Gasteiger partial charge in [-0.25, -0.2) is 0 Å². The van der Waals surface area contributed by atoms with Crippen LogP contribution in [0.1, 0.15) is 41.0 Å². The third-order valence-corrected chi connectivity index (χ3v) is 3.73. The molecule has 2 nitrogen and oxygen atoms in total. The summed E-state index contributed by atoms with van der Waals surface area (Å²) in [6.45, 7) is 14.7. The third kappa shape index (κ3) is 3.60. The number of hydrogen-bond acceptors (Lipinski definition) is 2. The van der Waals surface area contributed by atoms with E-state index >= 15 is 0 Å². The Morgan fingerprint density at radius 2 is 2.19 bits per heavy atom. The first-order chi connectivity index (χ1) is 7.50. The molecule has 0 aromatic heterocycles. The standard InChI is InChI=1S/C14H28N2/c1-6-8-9-16-11-14(4,5)15-10-13(16)12(3)7-2/h6,8,12-13,15H,7,9-11H2,1-5H3/b8-6+. The van der Waals surface area contributed by atoms with Crippen molar-refractivity contribution in [2.24, 2.45) is 5.92 Å². The van der Waals surface area contributed by atoms with E-state index in [0.717, 1.165) is 25.6 Å². The van der Waals surface area contributed by atoms with Crippen molar-refractivity contribution < 1.29 is 0 Å². The molecule has 0 aromatic rings. The third-order valence-electron chi connectivity index (χ3n) is 3.73. The number of nitrogens with zero attached hydrogens (tertiary/aromatic N) is 1. The van der Waals surface area contributed by atoms with Gasteiger partial charge in [0.1, 0.15) is 0 Å². The van der Waals surface area contributed by atoms with E-state index in [2.05, 4.69) is 57.0 Å². The van der Waals surface area contributed by atoms with Crippen molar-refractivity contribution >= 4 is 0 Å². The molecule has 16 heavy (non-hydrogen) atoms. The molecule has 1 N–H and O–H groups in total. The van der Waals surface area contributed by atoms with E-state index in [-0.39, 0.29) is 5.54 Å². The molecule has 0 aromatic carbocycles. The van der Waals surface area contributed by atoms with E-state index in [0.29, 0.717) is 6.04 Å². The number of allylic oxidation sites excluding steroid dienone is 1. The van der Waals surface area contributed by atoms with E-state index in [1.165, 1.54) is 6.42 Å². The van der Waals surface area contributed by atoms with E-state index in [4.69, 9.17) is 0 Å². The molecule has 1 aliphatic heterocycles. The van der Waals surface area contributed by atoms with Gasteiger partial charge >= 0.3 is 0 Å². The SMILES string of the molecule is C/C=C/CN1CC(C)(C)NCC1C(C)CC. The summed E-state index contributed by atoms with van der Waals surface area (Å²) in [4.78, 5) is 2.63. The van der Waals surface area contributed by atoms with Crippen LogP contribution in [0.4, 0.5) is 0 Å². The number of rotatable bonds is 4. The van der Waals surface area contributed by atoms with Crippen molar-refractivity contribution in [2.75, 3.05) is 19.6 Å².